The molecule has 3 aromatic rings. The standard InChI is InChI=1S/C21H25N5OS/c1-15-6-5-7-17(22-15)14-16(2)23-20(27)25-10-12-26(13-11-25)21-24-18-8-3-4-9-19(18)28-21/h3-9,16H,10-14H2,1-2H3,(H,23,27). The molecule has 0 bridgehead atoms. The van der Waals surface area contributed by atoms with Crippen LogP contribution >= 0.6 is 11.3 Å². The van der Waals surface area contributed by atoms with Crippen LogP contribution < -0.4 is 10.2 Å². The summed E-state index contributed by atoms with van der Waals surface area (Å²) in [5.41, 5.74) is 3.05. The number of amides is 2. The SMILES string of the molecule is Cc1cccc(CC(C)NC(=O)N2CCN(c3nc4ccccc4s3)CC2)n1. The molecule has 1 unspecified atom stereocenters. The van der Waals surface area contributed by atoms with Gasteiger partial charge in [-0.25, -0.2) is 9.78 Å². The number of nitrogens with one attached hydrogen (secondary N) is 1. The Kier molecular flexibility index (Phi) is 5.43. The predicted octanol–water partition coefficient (Wildman–Crippen LogP) is 3.46. The molecule has 6 nitrogen and oxygen atoms in total. The monoisotopic (exact) mass is 395 g/mol. The third kappa shape index (κ3) is 4.25. The zero-order valence-electron chi connectivity index (χ0n) is 16.3. The van der Waals surface area contributed by atoms with Crippen molar-refractivity contribution in [1.82, 2.24) is 20.2 Å². The number of hydrogen-bond acceptors (Lipinski definition) is 5. The van der Waals surface area contributed by atoms with Crippen molar-refractivity contribution >= 4 is 32.7 Å². The highest BCUT2D eigenvalue weighted by Gasteiger charge is 2.24. The van der Waals surface area contributed by atoms with Gasteiger partial charge in [-0.3, -0.25) is 4.98 Å². The summed E-state index contributed by atoms with van der Waals surface area (Å²) in [6.07, 6.45) is 0.735. The van der Waals surface area contributed by atoms with Gasteiger partial charge in [0.25, 0.3) is 0 Å². The summed E-state index contributed by atoms with van der Waals surface area (Å²) in [6, 6.07) is 14.3. The molecule has 1 aromatic carbocycles. The van der Waals surface area contributed by atoms with Crippen LogP contribution in [-0.2, 0) is 6.42 Å². The smallest absolute Gasteiger partial charge is 0.317 e. The van der Waals surface area contributed by atoms with E-state index in [9.17, 15) is 4.79 Å². The fraction of sp³-hybridized carbons (Fsp3) is 0.381. The van der Waals surface area contributed by atoms with Crippen molar-refractivity contribution in [3.63, 3.8) is 0 Å². The lowest BCUT2D eigenvalue weighted by atomic mass is 10.1. The summed E-state index contributed by atoms with van der Waals surface area (Å²) < 4.78 is 1.20. The maximum atomic E-state index is 12.6. The summed E-state index contributed by atoms with van der Waals surface area (Å²) in [7, 11) is 0. The first-order chi connectivity index (χ1) is 13.6. The number of hydrogen-bond donors (Lipinski definition) is 1. The highest BCUT2D eigenvalue weighted by molar-refractivity contribution is 7.22. The summed E-state index contributed by atoms with van der Waals surface area (Å²) in [6.45, 7) is 7.04. The molecular formula is C21H25N5OS. The second-order valence-corrected chi connectivity index (χ2v) is 8.27. The molecule has 2 aromatic heterocycles. The summed E-state index contributed by atoms with van der Waals surface area (Å²) in [5, 5.41) is 4.15. The molecule has 1 atom stereocenters. The van der Waals surface area contributed by atoms with Gasteiger partial charge in [0.1, 0.15) is 0 Å². The number of carbonyl (C=O) groups excluding carboxylic acids is 1. The van der Waals surface area contributed by atoms with E-state index in [2.05, 4.69) is 21.3 Å². The van der Waals surface area contributed by atoms with Gasteiger partial charge in [0.05, 0.1) is 10.2 Å². The minimum Gasteiger partial charge on any atom is -0.345 e. The van der Waals surface area contributed by atoms with E-state index in [1.54, 1.807) is 11.3 Å². The average molecular weight is 396 g/mol. The van der Waals surface area contributed by atoms with E-state index in [1.165, 1.54) is 4.70 Å². The molecule has 3 heterocycles. The number of aryl methyl sites for hydroxylation is 1. The van der Waals surface area contributed by atoms with Crippen LogP contribution in [0.4, 0.5) is 9.93 Å². The predicted molar refractivity (Wildman–Crippen MR) is 114 cm³/mol. The van der Waals surface area contributed by atoms with Gasteiger partial charge in [0, 0.05) is 50.0 Å². The van der Waals surface area contributed by atoms with E-state index in [1.807, 2.05) is 55.1 Å². The van der Waals surface area contributed by atoms with Gasteiger partial charge in [-0.05, 0) is 38.1 Å². The Hall–Kier alpha value is -2.67. The lowest BCUT2D eigenvalue weighted by molar-refractivity contribution is 0.191. The van der Waals surface area contributed by atoms with Crippen molar-refractivity contribution in [1.29, 1.82) is 0 Å². The Labute approximate surface area is 169 Å². The van der Waals surface area contributed by atoms with E-state index >= 15 is 0 Å². The normalized spacial score (nSPS) is 15.6. The largest absolute Gasteiger partial charge is 0.345 e. The second kappa shape index (κ2) is 8.14. The number of urea groups is 1. The Morgan fingerprint density at radius 3 is 2.64 bits per heavy atom. The van der Waals surface area contributed by atoms with Crippen molar-refractivity contribution in [2.45, 2.75) is 26.3 Å². The molecule has 0 radical (unpaired) electrons. The van der Waals surface area contributed by atoms with Crippen LogP contribution in [0.15, 0.2) is 42.5 Å². The van der Waals surface area contributed by atoms with Crippen molar-refractivity contribution in [2.24, 2.45) is 0 Å². The van der Waals surface area contributed by atoms with Crippen LogP contribution in [0.25, 0.3) is 10.2 Å². The molecule has 1 aliphatic rings. The fourth-order valence-electron chi connectivity index (χ4n) is 3.48. The summed E-state index contributed by atoms with van der Waals surface area (Å²) in [5.74, 6) is 0. The van der Waals surface area contributed by atoms with Crippen LogP contribution in [0, 0.1) is 6.92 Å². The molecule has 28 heavy (non-hydrogen) atoms. The van der Waals surface area contributed by atoms with Crippen molar-refractivity contribution in [3.8, 4) is 0 Å². The number of fused-ring (bicyclic) bond motifs is 1. The zero-order chi connectivity index (χ0) is 19.5. The zero-order valence-corrected chi connectivity index (χ0v) is 17.1. The van der Waals surface area contributed by atoms with Gasteiger partial charge < -0.3 is 15.1 Å². The van der Waals surface area contributed by atoms with Crippen LogP contribution in [0.2, 0.25) is 0 Å². The third-order valence-corrected chi connectivity index (χ3v) is 6.05. The van der Waals surface area contributed by atoms with Gasteiger partial charge in [-0.2, -0.15) is 0 Å². The van der Waals surface area contributed by atoms with E-state index in [4.69, 9.17) is 4.98 Å². The van der Waals surface area contributed by atoms with Crippen LogP contribution in [0.1, 0.15) is 18.3 Å². The van der Waals surface area contributed by atoms with Crippen molar-refractivity contribution in [3.05, 3.63) is 53.9 Å². The van der Waals surface area contributed by atoms with Crippen LogP contribution in [0.3, 0.4) is 0 Å². The molecule has 0 saturated carbocycles. The van der Waals surface area contributed by atoms with Gasteiger partial charge in [0.2, 0.25) is 0 Å². The molecular weight excluding hydrogens is 370 g/mol. The Morgan fingerprint density at radius 1 is 1.11 bits per heavy atom. The second-order valence-electron chi connectivity index (χ2n) is 7.26. The van der Waals surface area contributed by atoms with Crippen LogP contribution in [0.5, 0.6) is 0 Å². The van der Waals surface area contributed by atoms with Gasteiger partial charge in [-0.1, -0.05) is 29.5 Å². The van der Waals surface area contributed by atoms with Crippen LogP contribution in [-0.4, -0.2) is 53.1 Å². The van der Waals surface area contributed by atoms with E-state index in [0.717, 1.165) is 41.5 Å². The molecule has 0 spiro atoms. The number of carbonyl (C=O) groups is 1. The molecule has 7 heteroatoms. The molecule has 1 aliphatic heterocycles. The molecule has 1 N–H and O–H groups in total. The first-order valence-corrected chi connectivity index (χ1v) is 10.5. The van der Waals surface area contributed by atoms with Gasteiger partial charge >= 0.3 is 6.03 Å². The average Bonchev–Trinajstić information content (AvgIpc) is 3.12. The molecule has 0 aliphatic carbocycles. The first kappa shape index (κ1) is 18.7. The minimum absolute atomic E-state index is 0.00380. The number of aromatic nitrogens is 2. The number of para-hydroxylation sites is 1. The highest BCUT2D eigenvalue weighted by atomic mass is 32.1. The van der Waals surface area contributed by atoms with E-state index in [-0.39, 0.29) is 12.1 Å². The lowest BCUT2D eigenvalue weighted by Gasteiger charge is -2.35. The number of pyridine rings is 1. The molecule has 2 amide bonds. The third-order valence-electron chi connectivity index (χ3n) is 4.95. The number of benzene rings is 1. The summed E-state index contributed by atoms with van der Waals surface area (Å²) in [4.78, 5) is 26.0. The number of rotatable bonds is 4. The highest BCUT2D eigenvalue weighted by Crippen LogP contribution is 2.29. The number of nitrogens with zero attached hydrogens (tertiary/aromatic N) is 4. The quantitative estimate of drug-likeness (QED) is 0.735. The van der Waals surface area contributed by atoms with Gasteiger partial charge in [-0.15, -0.1) is 0 Å². The number of thiazole rings is 1. The summed E-state index contributed by atoms with van der Waals surface area (Å²) >= 11 is 1.72. The molecule has 1 saturated heterocycles. The maximum Gasteiger partial charge on any atom is 0.317 e. The van der Waals surface area contributed by atoms with Gasteiger partial charge in [0.15, 0.2) is 5.13 Å². The Bertz CT molecular complexity index is 931. The minimum atomic E-state index is 0.00380. The first-order valence-electron chi connectivity index (χ1n) is 9.67. The fourth-order valence-corrected chi connectivity index (χ4v) is 4.49. The van der Waals surface area contributed by atoms with E-state index in [0.29, 0.717) is 13.1 Å². The number of anilines is 1. The van der Waals surface area contributed by atoms with Crippen molar-refractivity contribution in [2.75, 3.05) is 31.1 Å². The lowest BCUT2D eigenvalue weighted by Crippen LogP contribution is -2.53. The molecule has 146 valence electrons. The molecule has 1 fully saturated rings. The number of piperazine rings is 1. The topological polar surface area (TPSA) is 61.4 Å². The maximum absolute atomic E-state index is 12.6. The molecule has 4 rings (SSSR count). The van der Waals surface area contributed by atoms with Crippen molar-refractivity contribution < 1.29 is 4.79 Å². The Balaban J connectivity index is 1.29. The Morgan fingerprint density at radius 2 is 1.89 bits per heavy atom. The van der Waals surface area contributed by atoms with E-state index < -0.39 is 0 Å².